The van der Waals surface area contributed by atoms with Crippen LogP contribution >= 0.6 is 0 Å². The van der Waals surface area contributed by atoms with Gasteiger partial charge >= 0.3 is 0 Å². The zero-order valence-electron chi connectivity index (χ0n) is 12.3. The lowest BCUT2D eigenvalue weighted by atomic mass is 10.2. The number of anilines is 2. The average molecular weight is 285 g/mol. The lowest BCUT2D eigenvalue weighted by Crippen LogP contribution is -2.24. The molecule has 1 N–H and O–H groups in total. The fourth-order valence-corrected chi connectivity index (χ4v) is 2.70. The van der Waals surface area contributed by atoms with Crippen LogP contribution in [0, 0.1) is 13.8 Å². The number of hydrogen-bond acceptors (Lipinski definition) is 4. The number of aryl methyl sites for hydroxylation is 2. The standard InChI is InChI=1S/C16H19N3O2/c1-11-13(12(2)21-18-11)10-17-14-6-3-4-7-15(14)19-9-5-8-16(19)20/h3-4,6-7,17H,5,8-10H2,1-2H3. The molecule has 0 bridgehead atoms. The van der Waals surface area contributed by atoms with Crippen LogP contribution in [-0.2, 0) is 11.3 Å². The minimum atomic E-state index is 0.196. The topological polar surface area (TPSA) is 58.4 Å². The Balaban J connectivity index is 1.81. The molecule has 2 aromatic rings. The molecule has 0 radical (unpaired) electrons. The summed E-state index contributed by atoms with van der Waals surface area (Å²) in [5.41, 5.74) is 3.88. The maximum absolute atomic E-state index is 11.9. The molecule has 0 spiro atoms. The van der Waals surface area contributed by atoms with Crippen LogP contribution in [0.25, 0.3) is 0 Å². The van der Waals surface area contributed by atoms with Crippen molar-refractivity contribution >= 4 is 17.3 Å². The van der Waals surface area contributed by atoms with Crippen molar-refractivity contribution < 1.29 is 9.32 Å². The minimum Gasteiger partial charge on any atom is -0.379 e. The van der Waals surface area contributed by atoms with Crippen LogP contribution in [0.5, 0.6) is 0 Å². The molecule has 1 saturated heterocycles. The van der Waals surface area contributed by atoms with Crippen LogP contribution in [0.1, 0.15) is 29.9 Å². The quantitative estimate of drug-likeness (QED) is 0.938. The van der Waals surface area contributed by atoms with E-state index in [0.717, 1.165) is 41.4 Å². The van der Waals surface area contributed by atoms with Gasteiger partial charge in [0.2, 0.25) is 5.91 Å². The van der Waals surface area contributed by atoms with Crippen molar-refractivity contribution in [2.24, 2.45) is 0 Å². The van der Waals surface area contributed by atoms with E-state index in [-0.39, 0.29) is 5.91 Å². The minimum absolute atomic E-state index is 0.196. The summed E-state index contributed by atoms with van der Waals surface area (Å²) in [5.74, 6) is 1.02. The molecular weight excluding hydrogens is 266 g/mol. The average Bonchev–Trinajstić information content (AvgIpc) is 3.04. The van der Waals surface area contributed by atoms with E-state index in [1.807, 2.05) is 43.0 Å². The van der Waals surface area contributed by atoms with Crippen LogP contribution in [0.2, 0.25) is 0 Å². The van der Waals surface area contributed by atoms with Crippen molar-refractivity contribution in [1.82, 2.24) is 5.16 Å². The summed E-state index contributed by atoms with van der Waals surface area (Å²) in [6.07, 6.45) is 1.56. The van der Waals surface area contributed by atoms with Gasteiger partial charge in [-0.25, -0.2) is 0 Å². The summed E-state index contributed by atoms with van der Waals surface area (Å²) < 4.78 is 5.18. The van der Waals surface area contributed by atoms with Gasteiger partial charge < -0.3 is 14.7 Å². The Morgan fingerprint density at radius 3 is 2.81 bits per heavy atom. The normalized spacial score (nSPS) is 14.8. The van der Waals surface area contributed by atoms with Crippen LogP contribution < -0.4 is 10.2 Å². The van der Waals surface area contributed by atoms with E-state index in [4.69, 9.17) is 4.52 Å². The van der Waals surface area contributed by atoms with Crippen molar-refractivity contribution in [3.63, 3.8) is 0 Å². The predicted octanol–water partition coefficient (Wildman–Crippen LogP) is 3.03. The van der Waals surface area contributed by atoms with Crippen molar-refractivity contribution in [3.05, 3.63) is 41.3 Å². The summed E-state index contributed by atoms with van der Waals surface area (Å²) >= 11 is 0. The molecule has 0 atom stereocenters. The third-order valence-electron chi connectivity index (χ3n) is 3.91. The van der Waals surface area contributed by atoms with Crippen LogP contribution in [0.3, 0.4) is 0 Å². The molecule has 21 heavy (non-hydrogen) atoms. The van der Waals surface area contributed by atoms with Gasteiger partial charge in [0.15, 0.2) is 0 Å². The van der Waals surface area contributed by atoms with E-state index >= 15 is 0 Å². The predicted molar refractivity (Wildman–Crippen MR) is 81.3 cm³/mol. The van der Waals surface area contributed by atoms with E-state index in [9.17, 15) is 4.79 Å². The maximum Gasteiger partial charge on any atom is 0.227 e. The molecule has 0 aliphatic carbocycles. The first kappa shape index (κ1) is 13.7. The summed E-state index contributed by atoms with van der Waals surface area (Å²) in [6, 6.07) is 7.92. The van der Waals surface area contributed by atoms with Crippen molar-refractivity contribution in [2.45, 2.75) is 33.2 Å². The number of amides is 1. The number of para-hydroxylation sites is 2. The van der Waals surface area contributed by atoms with E-state index in [2.05, 4.69) is 10.5 Å². The molecule has 5 nitrogen and oxygen atoms in total. The van der Waals surface area contributed by atoms with Gasteiger partial charge in [-0.1, -0.05) is 17.3 Å². The number of hydrogen-bond donors (Lipinski definition) is 1. The van der Waals surface area contributed by atoms with Gasteiger partial charge in [0.25, 0.3) is 0 Å². The molecule has 1 aliphatic rings. The monoisotopic (exact) mass is 285 g/mol. The van der Waals surface area contributed by atoms with Gasteiger partial charge in [-0.15, -0.1) is 0 Å². The molecule has 1 amide bonds. The van der Waals surface area contributed by atoms with Gasteiger partial charge in [0.1, 0.15) is 5.76 Å². The summed E-state index contributed by atoms with van der Waals surface area (Å²) in [6.45, 7) is 5.28. The Labute approximate surface area is 123 Å². The molecule has 1 aromatic carbocycles. The third-order valence-corrected chi connectivity index (χ3v) is 3.91. The Bertz CT molecular complexity index is 644. The molecule has 1 aromatic heterocycles. The maximum atomic E-state index is 11.9. The first-order valence-electron chi connectivity index (χ1n) is 7.22. The molecular formula is C16H19N3O2. The number of nitrogens with zero attached hydrogens (tertiary/aromatic N) is 2. The fraction of sp³-hybridized carbons (Fsp3) is 0.375. The third kappa shape index (κ3) is 2.63. The molecule has 3 rings (SSSR count). The van der Waals surface area contributed by atoms with Gasteiger partial charge in [-0.05, 0) is 32.4 Å². The van der Waals surface area contributed by atoms with E-state index in [1.54, 1.807) is 0 Å². The first-order chi connectivity index (χ1) is 10.2. The molecule has 0 unspecified atom stereocenters. The zero-order valence-corrected chi connectivity index (χ0v) is 12.3. The fourth-order valence-electron chi connectivity index (χ4n) is 2.70. The van der Waals surface area contributed by atoms with Gasteiger partial charge in [-0.3, -0.25) is 4.79 Å². The van der Waals surface area contributed by atoms with Crippen LogP contribution in [0.15, 0.2) is 28.8 Å². The Hall–Kier alpha value is -2.30. The van der Waals surface area contributed by atoms with Crippen molar-refractivity contribution in [3.8, 4) is 0 Å². The van der Waals surface area contributed by atoms with E-state index in [0.29, 0.717) is 13.0 Å². The number of rotatable bonds is 4. The zero-order chi connectivity index (χ0) is 14.8. The number of aromatic nitrogens is 1. The Kier molecular flexibility index (Phi) is 3.64. The summed E-state index contributed by atoms with van der Waals surface area (Å²) in [5, 5.41) is 7.36. The van der Waals surface area contributed by atoms with Gasteiger partial charge in [-0.2, -0.15) is 0 Å². The highest BCUT2D eigenvalue weighted by Gasteiger charge is 2.23. The SMILES string of the molecule is Cc1noc(C)c1CNc1ccccc1N1CCCC1=O. The second-order valence-corrected chi connectivity index (χ2v) is 5.32. The van der Waals surface area contributed by atoms with Crippen LogP contribution in [-0.4, -0.2) is 17.6 Å². The molecule has 0 saturated carbocycles. The van der Waals surface area contributed by atoms with Crippen LogP contribution in [0.4, 0.5) is 11.4 Å². The lowest BCUT2D eigenvalue weighted by Gasteiger charge is -2.20. The van der Waals surface area contributed by atoms with Gasteiger partial charge in [0, 0.05) is 25.1 Å². The highest BCUT2D eigenvalue weighted by molar-refractivity contribution is 5.98. The van der Waals surface area contributed by atoms with Crippen molar-refractivity contribution in [2.75, 3.05) is 16.8 Å². The number of carbonyl (C=O) groups excluding carboxylic acids is 1. The smallest absolute Gasteiger partial charge is 0.227 e. The Morgan fingerprint density at radius 1 is 1.33 bits per heavy atom. The number of carbonyl (C=O) groups is 1. The van der Waals surface area contributed by atoms with E-state index < -0.39 is 0 Å². The molecule has 2 heterocycles. The molecule has 1 fully saturated rings. The summed E-state index contributed by atoms with van der Waals surface area (Å²) in [4.78, 5) is 13.8. The van der Waals surface area contributed by atoms with Gasteiger partial charge in [0.05, 0.1) is 17.1 Å². The first-order valence-corrected chi connectivity index (χ1v) is 7.22. The number of nitrogens with one attached hydrogen (secondary N) is 1. The molecule has 5 heteroatoms. The second kappa shape index (κ2) is 5.60. The van der Waals surface area contributed by atoms with Crippen molar-refractivity contribution in [1.29, 1.82) is 0 Å². The second-order valence-electron chi connectivity index (χ2n) is 5.32. The largest absolute Gasteiger partial charge is 0.379 e. The highest BCUT2D eigenvalue weighted by Crippen LogP contribution is 2.30. The highest BCUT2D eigenvalue weighted by atomic mass is 16.5. The number of benzene rings is 1. The molecule has 110 valence electrons. The molecule has 1 aliphatic heterocycles. The Morgan fingerprint density at radius 2 is 2.14 bits per heavy atom. The van der Waals surface area contributed by atoms with E-state index in [1.165, 1.54) is 0 Å². The lowest BCUT2D eigenvalue weighted by molar-refractivity contribution is -0.117. The summed E-state index contributed by atoms with van der Waals surface area (Å²) in [7, 11) is 0.